The van der Waals surface area contributed by atoms with Gasteiger partial charge in [-0.1, -0.05) is 0 Å². The fourth-order valence-corrected chi connectivity index (χ4v) is 2.04. The number of hydrogen-bond acceptors (Lipinski definition) is 4. The van der Waals surface area contributed by atoms with E-state index in [-0.39, 0.29) is 11.6 Å². The number of rotatable bonds is 1. The van der Waals surface area contributed by atoms with Gasteiger partial charge in [0.2, 0.25) is 0 Å². The molecule has 2 rings (SSSR count). The number of nitro benzene ring substituents is 1. The highest BCUT2D eigenvalue weighted by Gasteiger charge is 2.38. The summed E-state index contributed by atoms with van der Waals surface area (Å²) < 4.78 is 5.59. The zero-order chi connectivity index (χ0) is 13.7. The minimum Gasteiger partial charge on any atom is -0.475 e. The topological polar surface area (TPSA) is 81.5 Å². The van der Waals surface area contributed by atoms with Crippen LogP contribution in [0.15, 0.2) is 6.07 Å². The molecule has 0 unspecified atom stereocenters. The number of ether oxygens (including phenoxy) is 1. The van der Waals surface area contributed by atoms with Crippen molar-refractivity contribution in [2.75, 3.05) is 5.32 Å². The lowest BCUT2D eigenvalue weighted by Gasteiger charge is -2.32. The van der Waals surface area contributed by atoms with Gasteiger partial charge in [-0.2, -0.15) is 0 Å². The van der Waals surface area contributed by atoms with Crippen LogP contribution in [0.3, 0.4) is 0 Å². The number of carbonyl (C=O) groups is 1. The second kappa shape index (κ2) is 3.69. The van der Waals surface area contributed by atoms with Gasteiger partial charge in [0, 0.05) is 5.56 Å². The van der Waals surface area contributed by atoms with Crippen LogP contribution in [0.5, 0.6) is 5.75 Å². The molecule has 96 valence electrons. The highest BCUT2D eigenvalue weighted by atomic mass is 16.6. The zero-order valence-corrected chi connectivity index (χ0v) is 10.7. The predicted molar refractivity (Wildman–Crippen MR) is 65.9 cm³/mol. The maximum absolute atomic E-state index is 11.7. The van der Waals surface area contributed by atoms with Gasteiger partial charge in [-0.15, -0.1) is 0 Å². The van der Waals surface area contributed by atoms with Crippen molar-refractivity contribution in [2.45, 2.75) is 33.3 Å². The molecule has 0 atom stereocenters. The van der Waals surface area contributed by atoms with Crippen molar-refractivity contribution < 1.29 is 14.5 Å². The molecular formula is C12H14N2O4. The summed E-state index contributed by atoms with van der Waals surface area (Å²) in [5.74, 6) is 0.111. The molecule has 0 radical (unpaired) electrons. The second-order valence-electron chi connectivity index (χ2n) is 4.87. The molecule has 0 spiro atoms. The van der Waals surface area contributed by atoms with Gasteiger partial charge in [-0.25, -0.2) is 0 Å². The summed E-state index contributed by atoms with van der Waals surface area (Å²) in [5, 5.41) is 13.7. The smallest absolute Gasteiger partial charge is 0.279 e. The largest absolute Gasteiger partial charge is 0.475 e. The van der Waals surface area contributed by atoms with Crippen LogP contribution in [0.4, 0.5) is 11.4 Å². The lowest BCUT2D eigenvalue weighted by atomic mass is 10.0. The fourth-order valence-electron chi connectivity index (χ4n) is 2.04. The third kappa shape index (κ3) is 1.70. The number of amides is 1. The van der Waals surface area contributed by atoms with E-state index >= 15 is 0 Å². The van der Waals surface area contributed by atoms with Crippen molar-refractivity contribution in [1.29, 1.82) is 0 Å². The van der Waals surface area contributed by atoms with E-state index in [0.717, 1.165) is 0 Å². The van der Waals surface area contributed by atoms with E-state index < -0.39 is 10.5 Å². The van der Waals surface area contributed by atoms with Gasteiger partial charge < -0.3 is 10.1 Å². The van der Waals surface area contributed by atoms with Crippen LogP contribution in [0.2, 0.25) is 0 Å². The lowest BCUT2D eigenvalue weighted by molar-refractivity contribution is -0.386. The number of hydrogen-bond donors (Lipinski definition) is 1. The summed E-state index contributed by atoms with van der Waals surface area (Å²) >= 11 is 0. The van der Waals surface area contributed by atoms with E-state index in [1.54, 1.807) is 33.8 Å². The van der Waals surface area contributed by atoms with Crippen molar-refractivity contribution in [2.24, 2.45) is 0 Å². The molecule has 6 nitrogen and oxygen atoms in total. The molecule has 1 N–H and O–H groups in total. The Morgan fingerprint density at radius 3 is 2.56 bits per heavy atom. The van der Waals surface area contributed by atoms with Crippen LogP contribution in [-0.2, 0) is 4.79 Å². The molecule has 0 saturated carbocycles. The molecule has 1 aliphatic rings. The Labute approximate surface area is 104 Å². The van der Waals surface area contributed by atoms with Crippen LogP contribution in [0.25, 0.3) is 0 Å². The molecule has 1 aliphatic heterocycles. The summed E-state index contributed by atoms with van der Waals surface area (Å²) in [6.07, 6.45) is 0. The molecule has 1 aromatic carbocycles. The van der Waals surface area contributed by atoms with Crippen LogP contribution in [0.1, 0.15) is 25.0 Å². The fraction of sp³-hybridized carbons (Fsp3) is 0.417. The number of fused-ring (bicyclic) bond motifs is 1. The third-order valence-electron chi connectivity index (χ3n) is 3.01. The highest BCUT2D eigenvalue weighted by molar-refractivity contribution is 6.01. The van der Waals surface area contributed by atoms with Crippen molar-refractivity contribution in [3.63, 3.8) is 0 Å². The molecule has 18 heavy (non-hydrogen) atoms. The molecule has 1 aromatic rings. The maximum Gasteiger partial charge on any atom is 0.279 e. The van der Waals surface area contributed by atoms with Crippen LogP contribution >= 0.6 is 0 Å². The average Bonchev–Trinajstić information content (AvgIpc) is 2.21. The summed E-state index contributed by atoms with van der Waals surface area (Å²) in [5.41, 5.74) is 0.421. The highest BCUT2D eigenvalue weighted by Crippen LogP contribution is 2.42. The summed E-state index contributed by atoms with van der Waals surface area (Å²) in [4.78, 5) is 22.3. The molecular weight excluding hydrogens is 236 g/mol. The van der Waals surface area contributed by atoms with Gasteiger partial charge in [-0.3, -0.25) is 14.9 Å². The zero-order valence-electron chi connectivity index (χ0n) is 10.7. The summed E-state index contributed by atoms with van der Waals surface area (Å²) in [6, 6.07) is 1.56. The standard InChI is InChI=1S/C12H14N2O4/c1-6-5-8-10(7(2)9(6)14(16)17)18-12(3,4)11(15)13-8/h5H,1-4H3,(H,13,15). The first-order chi connectivity index (χ1) is 8.24. The summed E-state index contributed by atoms with van der Waals surface area (Å²) in [6.45, 7) is 6.50. The molecule has 1 amide bonds. The van der Waals surface area contributed by atoms with E-state index in [4.69, 9.17) is 4.74 Å². The number of nitro groups is 1. The van der Waals surface area contributed by atoms with E-state index in [9.17, 15) is 14.9 Å². The number of carbonyl (C=O) groups excluding carboxylic acids is 1. The number of nitrogens with zero attached hydrogens (tertiary/aromatic N) is 1. The molecule has 0 fully saturated rings. The minimum atomic E-state index is -1.03. The Hall–Kier alpha value is -2.11. The normalized spacial score (nSPS) is 16.6. The van der Waals surface area contributed by atoms with Crippen LogP contribution in [-0.4, -0.2) is 16.4 Å². The minimum absolute atomic E-state index is 0.0284. The van der Waals surface area contributed by atoms with Gasteiger partial charge in [0.15, 0.2) is 11.4 Å². The first kappa shape index (κ1) is 12.3. The van der Waals surface area contributed by atoms with Gasteiger partial charge in [0.25, 0.3) is 11.6 Å². The monoisotopic (exact) mass is 250 g/mol. The SMILES string of the molecule is Cc1cc2c(c(C)c1[N+](=O)[O-])OC(C)(C)C(=O)N2. The maximum atomic E-state index is 11.7. The van der Waals surface area contributed by atoms with E-state index in [1.165, 1.54) is 0 Å². The number of anilines is 1. The van der Waals surface area contributed by atoms with E-state index in [1.807, 2.05) is 0 Å². The van der Waals surface area contributed by atoms with E-state index in [2.05, 4.69) is 5.32 Å². The molecule has 1 heterocycles. The quantitative estimate of drug-likeness (QED) is 0.612. The number of benzene rings is 1. The van der Waals surface area contributed by atoms with Gasteiger partial charge >= 0.3 is 0 Å². The molecule has 6 heteroatoms. The van der Waals surface area contributed by atoms with Crippen LogP contribution in [0, 0.1) is 24.0 Å². The first-order valence-electron chi connectivity index (χ1n) is 5.53. The van der Waals surface area contributed by atoms with Crippen molar-refractivity contribution >= 4 is 17.3 Å². The Balaban J connectivity index is 2.66. The Morgan fingerprint density at radius 1 is 1.39 bits per heavy atom. The van der Waals surface area contributed by atoms with Crippen LogP contribution < -0.4 is 10.1 Å². The van der Waals surface area contributed by atoms with Crippen molar-refractivity contribution in [1.82, 2.24) is 0 Å². The Kier molecular flexibility index (Phi) is 2.53. The number of aryl methyl sites for hydroxylation is 1. The molecule has 0 aliphatic carbocycles. The van der Waals surface area contributed by atoms with Gasteiger partial charge in [-0.05, 0) is 33.8 Å². The van der Waals surface area contributed by atoms with E-state index in [0.29, 0.717) is 22.6 Å². The molecule has 0 bridgehead atoms. The predicted octanol–water partition coefficient (Wildman–Crippen LogP) is 2.32. The van der Waals surface area contributed by atoms with Crippen molar-refractivity contribution in [3.05, 3.63) is 27.3 Å². The molecule has 0 aromatic heterocycles. The van der Waals surface area contributed by atoms with Gasteiger partial charge in [0.1, 0.15) is 0 Å². The Morgan fingerprint density at radius 2 is 2.00 bits per heavy atom. The summed E-state index contributed by atoms with van der Waals surface area (Å²) in [7, 11) is 0. The third-order valence-corrected chi connectivity index (χ3v) is 3.01. The Bertz CT molecular complexity index is 564. The average molecular weight is 250 g/mol. The first-order valence-corrected chi connectivity index (χ1v) is 5.53. The second-order valence-corrected chi connectivity index (χ2v) is 4.87. The number of nitrogens with one attached hydrogen (secondary N) is 1. The molecule has 0 saturated heterocycles. The van der Waals surface area contributed by atoms with Crippen molar-refractivity contribution in [3.8, 4) is 5.75 Å². The van der Waals surface area contributed by atoms with Gasteiger partial charge in [0.05, 0.1) is 16.2 Å². The lowest BCUT2D eigenvalue weighted by Crippen LogP contribution is -2.46.